The average Bonchev–Trinajstić information content (AvgIpc) is 2.71. The molecule has 0 aliphatic carbocycles. The number of hydrogen-bond donors (Lipinski definition) is 2. The van der Waals surface area contributed by atoms with Crippen LogP contribution in [0, 0.1) is 16.6 Å². The van der Waals surface area contributed by atoms with Gasteiger partial charge in [0.2, 0.25) is 0 Å². The maximum absolute atomic E-state index is 13.6. The molecule has 5 heteroatoms. The van der Waals surface area contributed by atoms with E-state index in [-0.39, 0.29) is 16.6 Å². The third-order valence-corrected chi connectivity index (χ3v) is 5.59. The van der Waals surface area contributed by atoms with Crippen molar-refractivity contribution in [3.63, 3.8) is 0 Å². The topological polar surface area (TPSA) is 67.6 Å². The molecule has 0 saturated heterocycles. The monoisotopic (exact) mass is 466 g/mol. The van der Waals surface area contributed by atoms with Gasteiger partial charge >= 0.3 is 0 Å². The van der Waals surface area contributed by atoms with E-state index < -0.39 is 0 Å². The highest BCUT2D eigenvalue weighted by molar-refractivity contribution is 5.92. The fourth-order valence-electron chi connectivity index (χ4n) is 2.96. The molecule has 0 spiro atoms. The third-order valence-electron chi connectivity index (χ3n) is 5.59. The van der Waals surface area contributed by atoms with Crippen molar-refractivity contribution in [3.05, 3.63) is 89.3 Å². The van der Waals surface area contributed by atoms with E-state index in [1.54, 1.807) is 12.1 Å². The molecule has 0 aliphatic rings. The summed E-state index contributed by atoms with van der Waals surface area (Å²) < 4.78 is 13.6. The Morgan fingerprint density at radius 3 is 1.94 bits per heavy atom. The van der Waals surface area contributed by atoms with Gasteiger partial charge in [0.25, 0.3) is 0 Å². The highest BCUT2D eigenvalue weighted by atomic mass is 19.1. The average molecular weight is 467 g/mol. The molecule has 0 aliphatic heterocycles. The summed E-state index contributed by atoms with van der Waals surface area (Å²) in [5, 5.41) is 0. The molecule has 1 aromatic rings. The van der Waals surface area contributed by atoms with Crippen LogP contribution >= 0.6 is 0 Å². The number of hydrogen-bond acceptors (Lipinski definition) is 4. The molecule has 0 amide bonds. The fourth-order valence-corrected chi connectivity index (χ4v) is 2.96. The standard InChI is InChI=1S/C29H43FN4/c1-19(12-17-26(32)21(3)34(23(5)31)18-28(6,7)8)20(2)27(33-22(4)29(9,10)11)24-13-15-25(30)16-14-24/h12-17H,1,5,18,31-32H2,2-4,6-11H3/b17-12-,26-21-,27-20+,33-22+. The zero-order valence-corrected chi connectivity index (χ0v) is 22.5. The first-order valence-electron chi connectivity index (χ1n) is 11.5. The first kappa shape index (κ1) is 29.0. The van der Waals surface area contributed by atoms with Gasteiger partial charge in [-0.2, -0.15) is 0 Å². The van der Waals surface area contributed by atoms with Crippen LogP contribution in [0.4, 0.5) is 4.39 Å². The molecule has 0 atom stereocenters. The molecule has 4 N–H and O–H groups in total. The lowest BCUT2D eigenvalue weighted by molar-refractivity contribution is 0.272. The van der Waals surface area contributed by atoms with Crippen molar-refractivity contribution in [1.82, 2.24) is 4.90 Å². The van der Waals surface area contributed by atoms with Gasteiger partial charge in [0.05, 0.1) is 17.2 Å². The highest BCUT2D eigenvalue weighted by Gasteiger charge is 2.19. The molecule has 186 valence electrons. The Labute approximate surface area is 206 Å². The fraction of sp³-hybridized carbons (Fsp3) is 0.414. The Balaban J connectivity index is 3.45. The number of nitrogens with two attached hydrogens (primary N) is 2. The van der Waals surface area contributed by atoms with Gasteiger partial charge in [-0.25, -0.2) is 4.39 Å². The number of benzene rings is 1. The first-order valence-corrected chi connectivity index (χ1v) is 11.5. The van der Waals surface area contributed by atoms with Crippen LogP contribution in [0.5, 0.6) is 0 Å². The SMILES string of the molecule is C=C(/C=C\C(N)=C(/C)N(CC(C)(C)C)C(=C)N)/C(C)=C(/N=C(\C)C(C)(C)C)c1ccc(F)cc1. The second-order valence-corrected chi connectivity index (χ2v) is 11.0. The Morgan fingerprint density at radius 2 is 1.50 bits per heavy atom. The summed E-state index contributed by atoms with van der Waals surface area (Å²) in [6.45, 7) is 27.5. The first-order chi connectivity index (χ1) is 15.4. The molecule has 0 unspecified atom stereocenters. The summed E-state index contributed by atoms with van der Waals surface area (Å²) in [6.07, 6.45) is 3.69. The molecule has 1 rings (SSSR count). The zero-order chi connectivity index (χ0) is 26.4. The molecule has 34 heavy (non-hydrogen) atoms. The molecule has 0 heterocycles. The Hall–Kier alpha value is -3.08. The van der Waals surface area contributed by atoms with E-state index in [1.807, 2.05) is 37.8 Å². The second kappa shape index (κ2) is 11.4. The molecular formula is C29H43FN4. The van der Waals surface area contributed by atoms with Crippen LogP contribution in [0.15, 0.2) is 82.9 Å². The minimum atomic E-state index is -0.286. The molecule has 0 radical (unpaired) electrons. The van der Waals surface area contributed by atoms with Crippen molar-refractivity contribution in [2.75, 3.05) is 6.54 Å². The Bertz CT molecular complexity index is 1020. The van der Waals surface area contributed by atoms with Gasteiger partial charge in [-0.3, -0.25) is 4.99 Å². The lowest BCUT2D eigenvalue weighted by Gasteiger charge is -2.32. The van der Waals surface area contributed by atoms with E-state index in [0.717, 1.165) is 33.8 Å². The smallest absolute Gasteiger partial charge is 0.123 e. The van der Waals surface area contributed by atoms with Gasteiger partial charge in [-0.15, -0.1) is 0 Å². The predicted octanol–water partition coefficient (Wildman–Crippen LogP) is 7.14. The molecule has 1 aromatic carbocycles. The molecule has 0 fully saturated rings. The van der Waals surface area contributed by atoms with E-state index in [9.17, 15) is 4.39 Å². The van der Waals surface area contributed by atoms with Gasteiger partial charge in [0.1, 0.15) is 5.82 Å². The summed E-state index contributed by atoms with van der Waals surface area (Å²) in [5.41, 5.74) is 17.9. The maximum atomic E-state index is 13.6. The normalized spacial score (nSPS) is 14.6. The third kappa shape index (κ3) is 8.69. The van der Waals surface area contributed by atoms with Gasteiger partial charge < -0.3 is 16.4 Å². The largest absolute Gasteiger partial charge is 0.397 e. The number of rotatable bonds is 8. The number of halogens is 1. The summed E-state index contributed by atoms with van der Waals surface area (Å²) in [4.78, 5) is 6.84. The van der Waals surface area contributed by atoms with Gasteiger partial charge in [-0.05, 0) is 73.1 Å². The maximum Gasteiger partial charge on any atom is 0.123 e. The summed E-state index contributed by atoms with van der Waals surface area (Å²) in [5.74, 6) is 0.162. The van der Waals surface area contributed by atoms with Crippen LogP contribution in [0.2, 0.25) is 0 Å². The van der Waals surface area contributed by atoms with E-state index in [0.29, 0.717) is 18.1 Å². The summed E-state index contributed by atoms with van der Waals surface area (Å²) >= 11 is 0. The molecular weight excluding hydrogens is 423 g/mol. The molecule has 0 bridgehead atoms. The number of aliphatic imine (C=N–C) groups is 1. The summed E-state index contributed by atoms with van der Waals surface area (Å²) in [6, 6.07) is 6.36. The predicted molar refractivity (Wildman–Crippen MR) is 146 cm³/mol. The Kier molecular flexibility index (Phi) is 9.68. The quantitative estimate of drug-likeness (QED) is 0.316. The Morgan fingerprint density at radius 1 is 0.971 bits per heavy atom. The molecule has 0 aromatic heterocycles. The minimum absolute atomic E-state index is 0.0173. The van der Waals surface area contributed by atoms with E-state index in [4.69, 9.17) is 16.5 Å². The van der Waals surface area contributed by atoms with E-state index >= 15 is 0 Å². The van der Waals surface area contributed by atoms with Gasteiger partial charge in [-0.1, -0.05) is 60.8 Å². The van der Waals surface area contributed by atoms with Gasteiger partial charge in [0.15, 0.2) is 0 Å². The van der Waals surface area contributed by atoms with Crippen LogP contribution in [0.1, 0.15) is 67.9 Å². The number of nitrogens with zero attached hydrogens (tertiary/aromatic N) is 2. The van der Waals surface area contributed by atoms with Crippen LogP contribution in [-0.2, 0) is 0 Å². The van der Waals surface area contributed by atoms with Crippen molar-refractivity contribution in [2.24, 2.45) is 27.3 Å². The lowest BCUT2D eigenvalue weighted by atomic mass is 9.90. The van der Waals surface area contributed by atoms with Crippen LogP contribution in [-0.4, -0.2) is 17.2 Å². The zero-order valence-electron chi connectivity index (χ0n) is 22.5. The minimum Gasteiger partial charge on any atom is -0.397 e. The van der Waals surface area contributed by atoms with Crippen LogP contribution in [0.25, 0.3) is 5.70 Å². The number of allylic oxidation sites excluding steroid dienone is 5. The lowest BCUT2D eigenvalue weighted by Crippen LogP contribution is -2.34. The molecule has 0 saturated carbocycles. The highest BCUT2D eigenvalue weighted by Crippen LogP contribution is 2.28. The van der Waals surface area contributed by atoms with Crippen molar-refractivity contribution in [2.45, 2.75) is 62.3 Å². The molecule has 4 nitrogen and oxygen atoms in total. The van der Waals surface area contributed by atoms with Gasteiger partial charge in [0, 0.05) is 23.5 Å². The van der Waals surface area contributed by atoms with E-state index in [1.165, 1.54) is 12.1 Å². The van der Waals surface area contributed by atoms with Crippen molar-refractivity contribution < 1.29 is 4.39 Å². The van der Waals surface area contributed by atoms with Crippen molar-refractivity contribution in [3.8, 4) is 0 Å². The van der Waals surface area contributed by atoms with Crippen LogP contribution in [0.3, 0.4) is 0 Å². The summed E-state index contributed by atoms with van der Waals surface area (Å²) in [7, 11) is 0. The van der Waals surface area contributed by atoms with Crippen LogP contribution < -0.4 is 11.5 Å². The van der Waals surface area contributed by atoms with Crippen molar-refractivity contribution in [1.29, 1.82) is 0 Å². The second-order valence-electron chi connectivity index (χ2n) is 11.0. The van der Waals surface area contributed by atoms with E-state index in [2.05, 4.69) is 54.7 Å². The van der Waals surface area contributed by atoms with Crippen molar-refractivity contribution >= 4 is 11.4 Å².